The highest BCUT2D eigenvalue weighted by molar-refractivity contribution is 5.93. The summed E-state index contributed by atoms with van der Waals surface area (Å²) in [5.41, 5.74) is 0.609. The van der Waals surface area contributed by atoms with Crippen LogP contribution in [0.1, 0.15) is 102 Å². The van der Waals surface area contributed by atoms with Gasteiger partial charge in [0.1, 0.15) is 17.8 Å². The average Bonchev–Trinajstić information content (AvgIpc) is 3.55. The van der Waals surface area contributed by atoms with Crippen molar-refractivity contribution in [3.8, 4) is 5.75 Å². The molecule has 1 heterocycles. The van der Waals surface area contributed by atoms with Gasteiger partial charge in [-0.15, -0.1) is 0 Å². The third-order valence-electron chi connectivity index (χ3n) is 8.10. The van der Waals surface area contributed by atoms with Gasteiger partial charge in [0.2, 0.25) is 23.6 Å². The van der Waals surface area contributed by atoms with Crippen LogP contribution in [0.5, 0.6) is 5.75 Å². The average molecular weight is 655 g/mol. The van der Waals surface area contributed by atoms with Crippen LogP contribution < -0.4 is 16.0 Å². The van der Waals surface area contributed by atoms with Crippen LogP contribution in [-0.2, 0) is 30.4 Å². The lowest BCUT2D eigenvalue weighted by molar-refractivity contribution is -0.142. The number of nitrogens with zero attached hydrogens (tertiary/aromatic N) is 1. The van der Waals surface area contributed by atoms with Crippen LogP contribution in [-0.4, -0.2) is 76.4 Å². The van der Waals surface area contributed by atoms with Gasteiger partial charge in [0.25, 0.3) is 0 Å². The second-order valence-corrected chi connectivity index (χ2v) is 12.0. The number of nitrogens with one attached hydrogen (secondary N) is 3. The molecule has 0 spiro atoms. The molecule has 2 atom stereocenters. The molecule has 11 nitrogen and oxygen atoms in total. The number of aliphatic carboxylic acids is 1. The Bertz CT molecular complexity index is 1180. The Morgan fingerprint density at radius 2 is 1.51 bits per heavy atom. The molecular formula is C36H54N4O7. The number of carbonyl (C=O) groups is 5. The highest BCUT2D eigenvalue weighted by Crippen LogP contribution is 2.17. The minimum Gasteiger partial charge on any atom is -0.508 e. The van der Waals surface area contributed by atoms with E-state index in [9.17, 15) is 34.2 Å². The topological polar surface area (TPSA) is 165 Å². The van der Waals surface area contributed by atoms with Crippen molar-refractivity contribution in [2.75, 3.05) is 19.6 Å². The van der Waals surface area contributed by atoms with Gasteiger partial charge in [0.15, 0.2) is 0 Å². The second-order valence-electron chi connectivity index (χ2n) is 12.0. The standard InChI is InChI=1S/C36H54N4O7/c1-2-3-4-5-6-7-8-9-10-11-12-13-14-15-16-19-32(42)37-27-34(44)40-24-17-18-31(40)35(45)38-26-33(43)39-30(36(46)47)25-28-20-22-29(41)23-21-28/h6-7,9-10,20-23,30-31,41H,2-5,8,11-19,24-27H2,1H3,(H,37,42)(H,38,45)(H,39,43)(H,46,47)/b7-6-,10-9-/t30-,31-/m0/s1. The lowest BCUT2D eigenvalue weighted by atomic mass is 10.1. The second kappa shape index (κ2) is 23.2. The molecule has 1 fully saturated rings. The van der Waals surface area contributed by atoms with Gasteiger partial charge in [-0.3, -0.25) is 19.2 Å². The summed E-state index contributed by atoms with van der Waals surface area (Å²) in [5.74, 6) is -2.93. The first-order chi connectivity index (χ1) is 22.7. The lowest BCUT2D eigenvalue weighted by Crippen LogP contribution is -2.51. The van der Waals surface area contributed by atoms with Crippen LogP contribution in [0.2, 0.25) is 0 Å². The maximum absolute atomic E-state index is 12.8. The molecule has 1 aromatic rings. The van der Waals surface area contributed by atoms with E-state index in [-0.39, 0.29) is 30.5 Å². The van der Waals surface area contributed by atoms with Gasteiger partial charge in [-0.25, -0.2) is 4.79 Å². The maximum atomic E-state index is 12.8. The first-order valence-corrected chi connectivity index (χ1v) is 17.1. The van der Waals surface area contributed by atoms with E-state index in [1.807, 2.05) is 0 Å². The van der Waals surface area contributed by atoms with Gasteiger partial charge < -0.3 is 31.1 Å². The third kappa shape index (κ3) is 16.8. The Hall–Kier alpha value is -4.15. The highest BCUT2D eigenvalue weighted by atomic mass is 16.4. The molecule has 47 heavy (non-hydrogen) atoms. The molecule has 0 saturated carbocycles. The van der Waals surface area contributed by atoms with E-state index in [4.69, 9.17) is 0 Å². The predicted molar refractivity (Wildman–Crippen MR) is 181 cm³/mol. The van der Waals surface area contributed by atoms with Crippen LogP contribution in [0.3, 0.4) is 0 Å². The minimum absolute atomic E-state index is 0.00149. The molecule has 0 radical (unpaired) electrons. The molecule has 4 amide bonds. The maximum Gasteiger partial charge on any atom is 0.326 e. The van der Waals surface area contributed by atoms with Crippen LogP contribution in [0.15, 0.2) is 48.6 Å². The van der Waals surface area contributed by atoms with Crippen molar-refractivity contribution in [2.24, 2.45) is 0 Å². The van der Waals surface area contributed by atoms with E-state index in [1.54, 1.807) is 12.1 Å². The Morgan fingerprint density at radius 3 is 2.19 bits per heavy atom. The zero-order valence-corrected chi connectivity index (χ0v) is 27.9. The number of aromatic hydroxyl groups is 1. The summed E-state index contributed by atoms with van der Waals surface area (Å²) >= 11 is 0. The summed E-state index contributed by atoms with van der Waals surface area (Å²) in [4.78, 5) is 63.3. The van der Waals surface area contributed by atoms with Gasteiger partial charge in [-0.05, 0) is 69.1 Å². The Kier molecular flexibility index (Phi) is 19.3. The smallest absolute Gasteiger partial charge is 0.326 e. The third-order valence-corrected chi connectivity index (χ3v) is 8.10. The Balaban J connectivity index is 1.58. The summed E-state index contributed by atoms with van der Waals surface area (Å²) in [6.07, 6.45) is 22.5. The normalized spacial score (nSPS) is 15.2. The fraction of sp³-hybridized carbons (Fsp3) is 0.583. The number of carbonyl (C=O) groups excluding carboxylic acids is 4. The molecule has 0 bridgehead atoms. The van der Waals surface area contributed by atoms with Crippen LogP contribution in [0.4, 0.5) is 0 Å². The summed E-state index contributed by atoms with van der Waals surface area (Å²) in [5, 5.41) is 26.4. The van der Waals surface area contributed by atoms with E-state index < -0.39 is 36.4 Å². The molecule has 0 aliphatic carbocycles. The highest BCUT2D eigenvalue weighted by Gasteiger charge is 2.34. The van der Waals surface area contributed by atoms with Crippen molar-refractivity contribution in [3.05, 3.63) is 54.1 Å². The number of rotatable bonds is 23. The van der Waals surface area contributed by atoms with Crippen LogP contribution in [0, 0.1) is 0 Å². The Labute approximate surface area is 279 Å². The van der Waals surface area contributed by atoms with E-state index in [1.165, 1.54) is 42.7 Å². The van der Waals surface area contributed by atoms with E-state index in [0.29, 0.717) is 31.4 Å². The van der Waals surface area contributed by atoms with Crippen molar-refractivity contribution in [3.63, 3.8) is 0 Å². The van der Waals surface area contributed by atoms with Crippen molar-refractivity contribution in [1.82, 2.24) is 20.9 Å². The zero-order chi connectivity index (χ0) is 34.3. The minimum atomic E-state index is -1.23. The van der Waals surface area contributed by atoms with Gasteiger partial charge in [0.05, 0.1) is 13.1 Å². The van der Waals surface area contributed by atoms with Gasteiger partial charge >= 0.3 is 5.97 Å². The first kappa shape index (κ1) is 39.0. The summed E-state index contributed by atoms with van der Waals surface area (Å²) in [6.45, 7) is 1.95. The Morgan fingerprint density at radius 1 is 0.851 bits per heavy atom. The number of allylic oxidation sites excluding steroid dienone is 4. The lowest BCUT2D eigenvalue weighted by Gasteiger charge is -2.24. The molecule has 2 rings (SSSR count). The SMILES string of the molecule is CCCCC/C=C\C/C=C\CCCCCCCC(=O)NCC(=O)N1CCC[C@H]1C(=O)NCC(=O)N[C@@H](Cc1ccc(O)cc1)C(=O)O. The zero-order valence-electron chi connectivity index (χ0n) is 27.9. The number of benzene rings is 1. The fourth-order valence-electron chi connectivity index (χ4n) is 5.40. The fourth-order valence-corrected chi connectivity index (χ4v) is 5.40. The largest absolute Gasteiger partial charge is 0.508 e. The molecule has 1 aromatic carbocycles. The number of likely N-dealkylation sites (tertiary alicyclic amines) is 1. The molecule has 0 aromatic heterocycles. The predicted octanol–water partition coefficient (Wildman–Crippen LogP) is 4.54. The molecule has 260 valence electrons. The molecule has 11 heteroatoms. The quantitative estimate of drug-likeness (QED) is 0.0854. The molecular weight excluding hydrogens is 600 g/mol. The summed E-state index contributed by atoms with van der Waals surface area (Å²) in [6, 6.07) is 3.99. The molecule has 1 saturated heterocycles. The number of hydrogen-bond acceptors (Lipinski definition) is 6. The van der Waals surface area contributed by atoms with E-state index >= 15 is 0 Å². The van der Waals surface area contributed by atoms with Crippen molar-refractivity contribution in [1.29, 1.82) is 0 Å². The first-order valence-electron chi connectivity index (χ1n) is 17.1. The van der Waals surface area contributed by atoms with Crippen LogP contribution >= 0.6 is 0 Å². The van der Waals surface area contributed by atoms with E-state index in [2.05, 4.69) is 47.2 Å². The number of amides is 4. The summed E-state index contributed by atoms with van der Waals surface area (Å²) < 4.78 is 0. The van der Waals surface area contributed by atoms with E-state index in [0.717, 1.165) is 44.9 Å². The van der Waals surface area contributed by atoms with Crippen molar-refractivity contribution in [2.45, 2.75) is 115 Å². The van der Waals surface area contributed by atoms with Crippen LogP contribution in [0.25, 0.3) is 0 Å². The van der Waals surface area contributed by atoms with Gasteiger partial charge in [0, 0.05) is 19.4 Å². The van der Waals surface area contributed by atoms with Gasteiger partial charge in [-0.1, -0.05) is 75.5 Å². The molecule has 1 aliphatic rings. The molecule has 0 unspecified atom stereocenters. The van der Waals surface area contributed by atoms with Crippen molar-refractivity contribution >= 4 is 29.6 Å². The van der Waals surface area contributed by atoms with Crippen molar-refractivity contribution < 1.29 is 34.2 Å². The number of unbranched alkanes of at least 4 members (excludes halogenated alkanes) is 8. The number of phenols is 1. The number of carboxylic acid groups (broad SMARTS) is 1. The number of carboxylic acids is 1. The van der Waals surface area contributed by atoms with Gasteiger partial charge in [-0.2, -0.15) is 0 Å². The monoisotopic (exact) mass is 654 g/mol. The molecule has 1 aliphatic heterocycles. The summed E-state index contributed by atoms with van der Waals surface area (Å²) in [7, 11) is 0. The number of phenolic OH excluding ortho intramolecular Hbond substituents is 1. The number of hydrogen-bond donors (Lipinski definition) is 5. The molecule has 5 N–H and O–H groups in total.